The lowest BCUT2D eigenvalue weighted by Gasteiger charge is -2.00. The highest BCUT2D eigenvalue weighted by atomic mass is 32.2. The number of carbonyl (C=O) groups is 2. The molecule has 0 spiro atoms. The van der Waals surface area contributed by atoms with E-state index >= 15 is 0 Å². The molecule has 3 heteroatoms. The molecule has 0 amide bonds. The number of unbranched alkanes of at least 4 members (excludes halogenated alkanes) is 1. The third-order valence-corrected chi connectivity index (χ3v) is 3.17. The van der Waals surface area contributed by atoms with Crippen molar-refractivity contribution in [1.29, 1.82) is 0 Å². The van der Waals surface area contributed by atoms with Crippen LogP contribution < -0.4 is 0 Å². The Labute approximate surface area is 100 Å². The summed E-state index contributed by atoms with van der Waals surface area (Å²) in [5, 5.41) is -0.350. The second kappa shape index (κ2) is 6.48. The van der Waals surface area contributed by atoms with E-state index in [0.29, 0.717) is 5.56 Å². The molecule has 0 saturated carbocycles. The van der Waals surface area contributed by atoms with Gasteiger partial charge in [-0.15, -0.1) is 0 Å². The highest BCUT2D eigenvalue weighted by Crippen LogP contribution is 2.12. The summed E-state index contributed by atoms with van der Waals surface area (Å²) in [7, 11) is 0. The molecule has 0 atom stereocenters. The Balaban J connectivity index is 2.57. The van der Waals surface area contributed by atoms with Crippen molar-refractivity contribution < 1.29 is 9.59 Å². The van der Waals surface area contributed by atoms with Gasteiger partial charge in [0.15, 0.2) is 0 Å². The van der Waals surface area contributed by atoms with Gasteiger partial charge in [0.25, 0.3) is 5.12 Å². The molecule has 1 aromatic rings. The fourth-order valence-corrected chi connectivity index (χ4v) is 2.06. The smallest absolute Gasteiger partial charge is 0.259 e. The monoisotopic (exact) mass is 236 g/mol. The van der Waals surface area contributed by atoms with Crippen molar-refractivity contribution in [3.63, 3.8) is 0 Å². The minimum absolute atomic E-state index is 0.350. The molecule has 0 aromatic heterocycles. The zero-order valence-electron chi connectivity index (χ0n) is 9.66. The molecule has 0 radical (unpaired) electrons. The van der Waals surface area contributed by atoms with Crippen LogP contribution in [0.2, 0.25) is 0 Å². The van der Waals surface area contributed by atoms with Crippen LogP contribution in [0, 0.1) is 6.92 Å². The zero-order chi connectivity index (χ0) is 12.0. The van der Waals surface area contributed by atoms with Gasteiger partial charge in [-0.1, -0.05) is 54.9 Å². The Morgan fingerprint density at radius 3 is 2.38 bits per heavy atom. The number of hydrogen-bond donors (Lipinski definition) is 0. The SMILES string of the molecule is CCCCSC(=O)C(=O)c1ccc(C)cc1. The van der Waals surface area contributed by atoms with Crippen LogP contribution in [-0.2, 0) is 4.79 Å². The van der Waals surface area contributed by atoms with Gasteiger partial charge in [0.2, 0.25) is 5.78 Å². The van der Waals surface area contributed by atoms with Crippen LogP contribution >= 0.6 is 11.8 Å². The van der Waals surface area contributed by atoms with Crippen molar-refractivity contribution in [2.24, 2.45) is 0 Å². The molecule has 16 heavy (non-hydrogen) atoms. The largest absolute Gasteiger partial charge is 0.284 e. The van der Waals surface area contributed by atoms with Gasteiger partial charge in [-0.3, -0.25) is 9.59 Å². The number of rotatable bonds is 5. The number of benzene rings is 1. The lowest BCUT2D eigenvalue weighted by molar-refractivity contribution is -0.107. The molecule has 0 bridgehead atoms. The maximum Gasteiger partial charge on any atom is 0.259 e. The molecular weight excluding hydrogens is 220 g/mol. The Hall–Kier alpha value is -1.09. The van der Waals surface area contributed by atoms with E-state index in [1.807, 2.05) is 19.1 Å². The fraction of sp³-hybridized carbons (Fsp3) is 0.385. The molecular formula is C13H16O2S. The molecule has 0 fully saturated rings. The van der Waals surface area contributed by atoms with E-state index in [1.165, 1.54) is 0 Å². The molecule has 0 aliphatic rings. The predicted octanol–water partition coefficient (Wildman–Crippen LogP) is 3.24. The van der Waals surface area contributed by atoms with E-state index in [0.717, 1.165) is 35.9 Å². The van der Waals surface area contributed by atoms with Crippen molar-refractivity contribution >= 4 is 22.7 Å². The van der Waals surface area contributed by atoms with Crippen LogP contribution in [0.15, 0.2) is 24.3 Å². The molecule has 0 heterocycles. The highest BCUT2D eigenvalue weighted by molar-refractivity contribution is 8.15. The predicted molar refractivity (Wildman–Crippen MR) is 67.9 cm³/mol. The first-order chi connectivity index (χ1) is 7.65. The Kier molecular flexibility index (Phi) is 5.26. The van der Waals surface area contributed by atoms with Crippen LogP contribution in [0.1, 0.15) is 35.7 Å². The van der Waals surface area contributed by atoms with E-state index in [1.54, 1.807) is 12.1 Å². The summed E-state index contributed by atoms with van der Waals surface area (Å²) in [6, 6.07) is 7.10. The number of aryl methyl sites for hydroxylation is 1. The standard InChI is InChI=1S/C13H16O2S/c1-3-4-9-16-13(15)12(14)11-7-5-10(2)6-8-11/h5-8H,3-4,9H2,1-2H3. The first-order valence-corrected chi connectivity index (χ1v) is 6.42. The van der Waals surface area contributed by atoms with Crippen molar-refractivity contribution in [1.82, 2.24) is 0 Å². The molecule has 1 rings (SSSR count). The average Bonchev–Trinajstić information content (AvgIpc) is 2.29. The number of ketones is 1. The first kappa shape index (κ1) is 13.0. The first-order valence-electron chi connectivity index (χ1n) is 5.43. The number of Topliss-reactive ketones (excluding diaryl/α,β-unsaturated/α-hetero) is 1. The van der Waals surface area contributed by atoms with Crippen LogP contribution in [0.25, 0.3) is 0 Å². The third kappa shape index (κ3) is 3.81. The Bertz CT molecular complexity index is 368. The maximum absolute atomic E-state index is 11.7. The summed E-state index contributed by atoms with van der Waals surface area (Å²) < 4.78 is 0. The minimum atomic E-state index is -0.388. The van der Waals surface area contributed by atoms with Gasteiger partial charge in [0.05, 0.1) is 0 Å². The Morgan fingerprint density at radius 2 is 1.81 bits per heavy atom. The lowest BCUT2D eigenvalue weighted by atomic mass is 10.1. The maximum atomic E-state index is 11.7. The van der Waals surface area contributed by atoms with E-state index in [2.05, 4.69) is 6.92 Å². The molecule has 0 aliphatic carbocycles. The van der Waals surface area contributed by atoms with Crippen molar-refractivity contribution in [3.05, 3.63) is 35.4 Å². The average molecular weight is 236 g/mol. The minimum Gasteiger partial charge on any atom is -0.284 e. The quantitative estimate of drug-likeness (QED) is 0.447. The van der Waals surface area contributed by atoms with Gasteiger partial charge < -0.3 is 0 Å². The summed E-state index contributed by atoms with van der Waals surface area (Å²) >= 11 is 1.12. The lowest BCUT2D eigenvalue weighted by Crippen LogP contribution is -2.10. The van der Waals surface area contributed by atoms with Gasteiger partial charge in [0, 0.05) is 11.3 Å². The van der Waals surface area contributed by atoms with Crippen LogP contribution in [0.5, 0.6) is 0 Å². The zero-order valence-corrected chi connectivity index (χ0v) is 10.5. The van der Waals surface area contributed by atoms with E-state index < -0.39 is 0 Å². The number of carbonyl (C=O) groups excluding carboxylic acids is 2. The number of thioether (sulfide) groups is 1. The summed E-state index contributed by atoms with van der Waals surface area (Å²) in [6.45, 7) is 4.01. The van der Waals surface area contributed by atoms with Gasteiger partial charge >= 0.3 is 0 Å². The second-order valence-corrected chi connectivity index (χ2v) is 4.75. The summed E-state index contributed by atoms with van der Waals surface area (Å²) in [5.74, 6) is 0.341. The van der Waals surface area contributed by atoms with Gasteiger partial charge in [-0.05, 0) is 13.3 Å². The summed E-state index contributed by atoms with van der Waals surface area (Å²) in [6.07, 6.45) is 2.01. The molecule has 2 nitrogen and oxygen atoms in total. The fourth-order valence-electron chi connectivity index (χ4n) is 1.20. The third-order valence-electron chi connectivity index (χ3n) is 2.23. The van der Waals surface area contributed by atoms with Gasteiger partial charge in [0.1, 0.15) is 0 Å². The highest BCUT2D eigenvalue weighted by Gasteiger charge is 2.15. The molecule has 86 valence electrons. The van der Waals surface area contributed by atoms with Crippen LogP contribution in [0.4, 0.5) is 0 Å². The number of hydrogen-bond acceptors (Lipinski definition) is 3. The molecule has 1 aromatic carbocycles. The Morgan fingerprint density at radius 1 is 1.19 bits per heavy atom. The van der Waals surface area contributed by atoms with Crippen molar-refractivity contribution in [2.45, 2.75) is 26.7 Å². The molecule has 0 aliphatic heterocycles. The second-order valence-electron chi connectivity index (χ2n) is 3.68. The van der Waals surface area contributed by atoms with E-state index in [9.17, 15) is 9.59 Å². The van der Waals surface area contributed by atoms with Crippen molar-refractivity contribution in [3.8, 4) is 0 Å². The molecule has 0 unspecified atom stereocenters. The normalized spacial score (nSPS) is 10.1. The van der Waals surface area contributed by atoms with Gasteiger partial charge in [-0.2, -0.15) is 0 Å². The summed E-state index contributed by atoms with van der Waals surface area (Å²) in [5.41, 5.74) is 1.57. The summed E-state index contributed by atoms with van der Waals surface area (Å²) in [4.78, 5) is 23.2. The topological polar surface area (TPSA) is 34.1 Å². The molecule has 0 saturated heterocycles. The van der Waals surface area contributed by atoms with E-state index in [4.69, 9.17) is 0 Å². The van der Waals surface area contributed by atoms with Crippen LogP contribution in [-0.4, -0.2) is 16.7 Å². The van der Waals surface area contributed by atoms with Gasteiger partial charge in [-0.25, -0.2) is 0 Å². The van der Waals surface area contributed by atoms with Crippen molar-refractivity contribution in [2.75, 3.05) is 5.75 Å². The van der Waals surface area contributed by atoms with Crippen LogP contribution in [0.3, 0.4) is 0 Å². The van der Waals surface area contributed by atoms with E-state index in [-0.39, 0.29) is 10.9 Å². The molecule has 0 N–H and O–H groups in total.